The van der Waals surface area contributed by atoms with Crippen molar-refractivity contribution in [3.8, 4) is 0 Å². The second kappa shape index (κ2) is 10.5. The van der Waals surface area contributed by atoms with E-state index in [1.54, 1.807) is 34.1 Å². The summed E-state index contributed by atoms with van der Waals surface area (Å²) in [6, 6.07) is 12.3. The molecular formula is C24H29ClN4O3. The fourth-order valence-corrected chi connectivity index (χ4v) is 3.98. The van der Waals surface area contributed by atoms with E-state index in [-0.39, 0.29) is 17.8 Å². The number of hydrogen-bond acceptors (Lipinski definition) is 3. The average Bonchev–Trinajstić information content (AvgIpc) is 2.76. The number of hydrogen-bond donors (Lipinski definition) is 2. The third-order valence-electron chi connectivity index (χ3n) is 5.60. The van der Waals surface area contributed by atoms with Crippen LogP contribution in [0, 0.1) is 13.8 Å². The van der Waals surface area contributed by atoms with Gasteiger partial charge in [-0.3, -0.25) is 9.59 Å². The number of urea groups is 1. The number of anilines is 1. The monoisotopic (exact) mass is 456 g/mol. The average molecular weight is 457 g/mol. The van der Waals surface area contributed by atoms with Gasteiger partial charge in [-0.15, -0.1) is 0 Å². The largest absolute Gasteiger partial charge is 0.344 e. The summed E-state index contributed by atoms with van der Waals surface area (Å²) in [6.07, 6.45) is 0.430. The molecule has 0 aromatic heterocycles. The Bertz CT molecular complexity index is 1000. The first-order chi connectivity index (χ1) is 15.2. The maximum absolute atomic E-state index is 13.2. The summed E-state index contributed by atoms with van der Waals surface area (Å²) in [5.74, 6) is -0.376. The van der Waals surface area contributed by atoms with Gasteiger partial charge in [0.15, 0.2) is 0 Å². The van der Waals surface area contributed by atoms with E-state index < -0.39 is 6.04 Å². The Morgan fingerprint density at radius 2 is 1.66 bits per heavy atom. The number of carbonyl (C=O) groups excluding carboxylic acids is 3. The van der Waals surface area contributed by atoms with Crippen LogP contribution in [0.25, 0.3) is 0 Å². The Balaban J connectivity index is 1.62. The number of halogens is 1. The lowest BCUT2D eigenvalue weighted by atomic mass is 9.98. The highest BCUT2D eigenvalue weighted by atomic mass is 35.5. The Morgan fingerprint density at radius 3 is 2.31 bits per heavy atom. The predicted molar refractivity (Wildman–Crippen MR) is 126 cm³/mol. The van der Waals surface area contributed by atoms with Gasteiger partial charge >= 0.3 is 6.03 Å². The van der Waals surface area contributed by atoms with Crippen LogP contribution < -0.4 is 10.6 Å². The summed E-state index contributed by atoms with van der Waals surface area (Å²) in [7, 11) is 0. The zero-order valence-electron chi connectivity index (χ0n) is 18.7. The number of aryl methyl sites for hydroxylation is 2. The van der Waals surface area contributed by atoms with E-state index >= 15 is 0 Å². The van der Waals surface area contributed by atoms with Gasteiger partial charge in [-0.25, -0.2) is 4.79 Å². The molecule has 7 nitrogen and oxygen atoms in total. The first-order valence-electron chi connectivity index (χ1n) is 10.7. The van der Waals surface area contributed by atoms with Crippen LogP contribution in [-0.4, -0.2) is 59.9 Å². The molecule has 2 aromatic rings. The molecule has 1 saturated heterocycles. The van der Waals surface area contributed by atoms with Gasteiger partial charge in [0.25, 0.3) is 0 Å². The lowest BCUT2D eigenvalue weighted by molar-refractivity contribution is -0.137. The highest BCUT2D eigenvalue weighted by Gasteiger charge is 2.30. The molecule has 3 rings (SSSR count). The maximum atomic E-state index is 13.2. The first-order valence-corrected chi connectivity index (χ1v) is 11.0. The Hall–Kier alpha value is -3.06. The third-order valence-corrected chi connectivity index (χ3v) is 5.93. The summed E-state index contributed by atoms with van der Waals surface area (Å²) in [6.45, 7) is 7.03. The number of nitrogens with one attached hydrogen (secondary N) is 2. The van der Waals surface area contributed by atoms with Crippen LogP contribution in [0.1, 0.15) is 23.6 Å². The van der Waals surface area contributed by atoms with Crippen LogP contribution in [0.5, 0.6) is 0 Å². The minimum atomic E-state index is -0.642. The van der Waals surface area contributed by atoms with Crippen molar-refractivity contribution < 1.29 is 14.4 Å². The topological polar surface area (TPSA) is 81.8 Å². The quantitative estimate of drug-likeness (QED) is 0.723. The molecule has 170 valence electrons. The molecule has 1 aliphatic heterocycles. The van der Waals surface area contributed by atoms with Crippen molar-refractivity contribution in [2.24, 2.45) is 0 Å². The number of rotatable bonds is 5. The highest BCUT2D eigenvalue weighted by Crippen LogP contribution is 2.21. The number of nitrogens with zero attached hydrogens (tertiary/aromatic N) is 2. The normalized spacial score (nSPS) is 14.6. The van der Waals surface area contributed by atoms with Crippen LogP contribution in [0.2, 0.25) is 5.02 Å². The second-order valence-electron chi connectivity index (χ2n) is 8.11. The van der Waals surface area contributed by atoms with E-state index in [1.165, 1.54) is 6.92 Å². The molecule has 0 bridgehead atoms. The smallest absolute Gasteiger partial charge is 0.322 e. The van der Waals surface area contributed by atoms with Gasteiger partial charge in [0.05, 0.1) is 10.7 Å². The molecule has 0 spiro atoms. The zero-order valence-corrected chi connectivity index (χ0v) is 19.4. The lowest BCUT2D eigenvalue weighted by Crippen LogP contribution is -2.56. The molecule has 4 amide bonds. The Labute approximate surface area is 193 Å². The van der Waals surface area contributed by atoms with Crippen molar-refractivity contribution in [1.29, 1.82) is 0 Å². The van der Waals surface area contributed by atoms with Gasteiger partial charge in [0, 0.05) is 39.5 Å². The van der Waals surface area contributed by atoms with Gasteiger partial charge < -0.3 is 20.4 Å². The van der Waals surface area contributed by atoms with Gasteiger partial charge in [-0.2, -0.15) is 0 Å². The van der Waals surface area contributed by atoms with Crippen molar-refractivity contribution in [3.05, 3.63) is 64.2 Å². The lowest BCUT2D eigenvalue weighted by Gasteiger charge is -2.36. The van der Waals surface area contributed by atoms with Crippen molar-refractivity contribution in [2.75, 3.05) is 31.5 Å². The first kappa shape index (κ1) is 23.6. The van der Waals surface area contributed by atoms with Crippen molar-refractivity contribution in [2.45, 2.75) is 33.2 Å². The van der Waals surface area contributed by atoms with Crippen molar-refractivity contribution in [3.63, 3.8) is 0 Å². The minimum Gasteiger partial charge on any atom is -0.344 e. The molecule has 2 N–H and O–H groups in total. The van der Waals surface area contributed by atoms with Crippen molar-refractivity contribution >= 4 is 35.1 Å². The number of amides is 4. The van der Waals surface area contributed by atoms with Crippen LogP contribution in [0.4, 0.5) is 10.5 Å². The van der Waals surface area contributed by atoms with E-state index in [0.29, 0.717) is 43.3 Å². The molecule has 1 aliphatic rings. The van der Waals surface area contributed by atoms with E-state index in [2.05, 4.69) is 16.7 Å². The van der Waals surface area contributed by atoms with E-state index in [9.17, 15) is 14.4 Å². The summed E-state index contributed by atoms with van der Waals surface area (Å²) < 4.78 is 0. The molecule has 1 unspecified atom stereocenters. The predicted octanol–water partition coefficient (Wildman–Crippen LogP) is 3.38. The van der Waals surface area contributed by atoms with Crippen LogP contribution in [-0.2, 0) is 16.0 Å². The van der Waals surface area contributed by atoms with E-state index in [4.69, 9.17) is 11.6 Å². The summed E-state index contributed by atoms with van der Waals surface area (Å²) in [5, 5.41) is 6.09. The summed E-state index contributed by atoms with van der Waals surface area (Å²) >= 11 is 6.12. The van der Waals surface area contributed by atoms with Crippen LogP contribution in [0.15, 0.2) is 42.5 Å². The number of para-hydroxylation sites is 1. The molecule has 0 radical (unpaired) electrons. The SMILES string of the molecule is CC(=O)NC(Cc1cc(C)ccc1C)C(=O)N1CCN(C(=O)Nc2ccccc2Cl)CC1. The standard InChI is InChI=1S/C24H29ClN4O3/c1-16-8-9-17(2)19(14-16)15-22(26-18(3)30)23(31)28-10-12-29(13-11-28)24(32)27-21-7-5-4-6-20(21)25/h4-9,14,22H,10-13,15H2,1-3H3,(H,26,30)(H,27,32). The number of benzene rings is 2. The van der Waals surface area contributed by atoms with E-state index in [0.717, 1.165) is 16.7 Å². The molecule has 1 fully saturated rings. The van der Waals surface area contributed by atoms with E-state index in [1.807, 2.05) is 26.0 Å². The molecule has 0 saturated carbocycles. The highest BCUT2D eigenvalue weighted by molar-refractivity contribution is 6.33. The molecule has 8 heteroatoms. The van der Waals surface area contributed by atoms with Crippen LogP contribution in [0.3, 0.4) is 0 Å². The van der Waals surface area contributed by atoms with Gasteiger partial charge in [-0.1, -0.05) is 47.5 Å². The second-order valence-corrected chi connectivity index (χ2v) is 8.52. The van der Waals surface area contributed by atoms with Crippen molar-refractivity contribution in [1.82, 2.24) is 15.1 Å². The van der Waals surface area contributed by atoms with Gasteiger partial charge in [0.2, 0.25) is 11.8 Å². The number of piperazine rings is 1. The van der Waals surface area contributed by atoms with Crippen LogP contribution >= 0.6 is 11.6 Å². The third kappa shape index (κ3) is 6.01. The molecule has 32 heavy (non-hydrogen) atoms. The molecular weight excluding hydrogens is 428 g/mol. The molecule has 0 aliphatic carbocycles. The molecule has 2 aromatic carbocycles. The molecule has 1 atom stereocenters. The Kier molecular flexibility index (Phi) is 7.75. The summed E-state index contributed by atoms with van der Waals surface area (Å²) in [4.78, 5) is 40.9. The zero-order chi connectivity index (χ0) is 23.3. The summed E-state index contributed by atoms with van der Waals surface area (Å²) in [5.41, 5.74) is 3.78. The molecule has 1 heterocycles. The minimum absolute atomic E-state index is 0.132. The fraction of sp³-hybridized carbons (Fsp3) is 0.375. The fourth-order valence-electron chi connectivity index (χ4n) is 3.79. The maximum Gasteiger partial charge on any atom is 0.322 e. The Morgan fingerprint density at radius 1 is 1.00 bits per heavy atom. The van der Waals surface area contributed by atoms with Gasteiger partial charge in [-0.05, 0) is 37.1 Å². The number of carbonyl (C=O) groups is 3. The van der Waals surface area contributed by atoms with Gasteiger partial charge in [0.1, 0.15) is 6.04 Å².